The van der Waals surface area contributed by atoms with Crippen molar-refractivity contribution < 1.29 is 19.4 Å². The first-order valence-electron chi connectivity index (χ1n) is 13.3. The number of aliphatic hydroxyl groups is 1. The predicted molar refractivity (Wildman–Crippen MR) is 151 cm³/mol. The van der Waals surface area contributed by atoms with Gasteiger partial charge in [0, 0.05) is 30.0 Å². The fourth-order valence-corrected chi connectivity index (χ4v) is 5.18. The lowest BCUT2D eigenvalue weighted by molar-refractivity contribution is -0.132. The van der Waals surface area contributed by atoms with Crippen LogP contribution in [0.1, 0.15) is 49.4 Å². The maximum absolute atomic E-state index is 13.5. The van der Waals surface area contributed by atoms with Crippen molar-refractivity contribution in [1.29, 1.82) is 0 Å². The van der Waals surface area contributed by atoms with Crippen LogP contribution < -0.4 is 14.5 Å². The fraction of sp³-hybridized carbons (Fsp3) is 0.312. The van der Waals surface area contributed by atoms with Crippen molar-refractivity contribution in [3.05, 3.63) is 95.1 Å². The number of anilines is 2. The number of hydrogen-bond donors (Lipinski definition) is 1. The molecule has 38 heavy (non-hydrogen) atoms. The highest BCUT2D eigenvalue weighted by Gasteiger charge is 2.47. The van der Waals surface area contributed by atoms with Gasteiger partial charge in [-0.25, -0.2) is 0 Å². The summed E-state index contributed by atoms with van der Waals surface area (Å²) in [5, 5.41) is 11.4. The molecule has 0 spiro atoms. The van der Waals surface area contributed by atoms with Gasteiger partial charge in [-0.2, -0.15) is 0 Å². The molecule has 2 aliphatic rings. The number of carbonyl (C=O) groups excluding carboxylic acids is 2. The van der Waals surface area contributed by atoms with Crippen molar-refractivity contribution in [2.45, 2.75) is 39.7 Å². The normalized spacial score (nSPS) is 19.0. The number of aryl methyl sites for hydroxylation is 1. The van der Waals surface area contributed by atoms with E-state index in [0.29, 0.717) is 29.5 Å². The van der Waals surface area contributed by atoms with Crippen LogP contribution in [0.3, 0.4) is 0 Å². The van der Waals surface area contributed by atoms with E-state index in [0.717, 1.165) is 29.9 Å². The minimum atomic E-state index is -0.746. The van der Waals surface area contributed by atoms with E-state index in [1.807, 2.05) is 55.5 Å². The fourth-order valence-electron chi connectivity index (χ4n) is 5.18. The van der Waals surface area contributed by atoms with E-state index in [2.05, 4.69) is 18.7 Å². The molecule has 3 aromatic rings. The van der Waals surface area contributed by atoms with E-state index < -0.39 is 17.7 Å². The number of carbonyl (C=O) groups is 2. The summed E-state index contributed by atoms with van der Waals surface area (Å²) in [7, 11) is 0. The molecule has 0 saturated carbocycles. The molecule has 2 heterocycles. The molecule has 2 saturated heterocycles. The molecule has 1 unspecified atom stereocenters. The highest BCUT2D eigenvalue weighted by molar-refractivity contribution is 6.51. The molecule has 1 atom stereocenters. The SMILES string of the molecule is Cc1cccc(C2/C(=C(\O)c3ccc(OCC(C)C)cc3)C(=O)C(=O)N2c2ccc(N3CCCC3)cc2)c1. The van der Waals surface area contributed by atoms with Crippen LogP contribution in [0.4, 0.5) is 11.4 Å². The largest absolute Gasteiger partial charge is 0.507 e. The van der Waals surface area contributed by atoms with Crippen molar-refractivity contribution in [1.82, 2.24) is 0 Å². The van der Waals surface area contributed by atoms with Gasteiger partial charge < -0.3 is 14.7 Å². The summed E-state index contributed by atoms with van der Waals surface area (Å²) in [4.78, 5) is 30.8. The average Bonchev–Trinajstić information content (AvgIpc) is 3.55. The Labute approximate surface area is 224 Å². The standard InChI is InChI=1S/C32H34N2O4/c1-21(2)20-38-27-15-9-23(10-16-27)30(35)28-29(24-8-6-7-22(3)19-24)34(32(37)31(28)36)26-13-11-25(12-14-26)33-17-4-5-18-33/h6-16,19,21,29,35H,4-5,17-18,20H2,1-3H3/b30-28+. The van der Waals surface area contributed by atoms with Gasteiger partial charge in [0.15, 0.2) is 0 Å². The summed E-state index contributed by atoms with van der Waals surface area (Å²) in [5.41, 5.74) is 4.05. The van der Waals surface area contributed by atoms with E-state index >= 15 is 0 Å². The van der Waals surface area contributed by atoms with Crippen LogP contribution in [-0.4, -0.2) is 36.5 Å². The molecular formula is C32H34N2O4. The van der Waals surface area contributed by atoms with Gasteiger partial charge in [-0.15, -0.1) is 0 Å². The van der Waals surface area contributed by atoms with Crippen molar-refractivity contribution in [2.75, 3.05) is 29.5 Å². The maximum Gasteiger partial charge on any atom is 0.300 e. The third kappa shape index (κ3) is 5.03. The summed E-state index contributed by atoms with van der Waals surface area (Å²) in [6, 6.07) is 21.7. The first-order chi connectivity index (χ1) is 18.3. The van der Waals surface area contributed by atoms with Crippen LogP contribution >= 0.6 is 0 Å². The van der Waals surface area contributed by atoms with Crippen LogP contribution in [0.25, 0.3) is 5.76 Å². The Hall–Kier alpha value is -4.06. The molecule has 3 aromatic carbocycles. The topological polar surface area (TPSA) is 70.1 Å². The third-order valence-corrected chi connectivity index (χ3v) is 7.11. The van der Waals surface area contributed by atoms with Crippen LogP contribution in [0.15, 0.2) is 78.4 Å². The second-order valence-electron chi connectivity index (χ2n) is 10.5. The number of hydrogen-bond acceptors (Lipinski definition) is 5. The molecule has 1 amide bonds. The van der Waals surface area contributed by atoms with Gasteiger partial charge in [0.25, 0.3) is 11.7 Å². The van der Waals surface area contributed by atoms with Gasteiger partial charge in [0.05, 0.1) is 18.2 Å². The van der Waals surface area contributed by atoms with E-state index in [1.54, 1.807) is 24.3 Å². The van der Waals surface area contributed by atoms with Gasteiger partial charge in [-0.1, -0.05) is 43.7 Å². The molecule has 5 rings (SSSR count). The van der Waals surface area contributed by atoms with E-state index in [4.69, 9.17) is 4.74 Å². The number of Topliss-reactive ketones (excluding diaryl/α,β-unsaturated/α-hetero) is 1. The monoisotopic (exact) mass is 510 g/mol. The minimum absolute atomic E-state index is 0.0834. The Balaban J connectivity index is 1.55. The van der Waals surface area contributed by atoms with Gasteiger partial charge in [0.1, 0.15) is 11.5 Å². The van der Waals surface area contributed by atoms with E-state index in [-0.39, 0.29) is 11.3 Å². The Morgan fingerprint density at radius 3 is 2.24 bits per heavy atom. The zero-order valence-electron chi connectivity index (χ0n) is 22.2. The molecule has 196 valence electrons. The molecular weight excluding hydrogens is 476 g/mol. The smallest absolute Gasteiger partial charge is 0.300 e. The number of ketones is 1. The number of rotatable bonds is 7. The van der Waals surface area contributed by atoms with Crippen molar-refractivity contribution in [3.63, 3.8) is 0 Å². The average molecular weight is 511 g/mol. The molecule has 2 fully saturated rings. The zero-order chi connectivity index (χ0) is 26.8. The number of aliphatic hydroxyl groups excluding tert-OH is 1. The Bertz CT molecular complexity index is 1350. The number of amides is 1. The predicted octanol–water partition coefficient (Wildman–Crippen LogP) is 6.26. The Kier molecular flexibility index (Phi) is 7.23. The summed E-state index contributed by atoms with van der Waals surface area (Å²) in [6.45, 7) is 8.74. The van der Waals surface area contributed by atoms with E-state index in [9.17, 15) is 14.7 Å². The second-order valence-corrected chi connectivity index (χ2v) is 10.5. The molecule has 0 bridgehead atoms. The lowest BCUT2D eigenvalue weighted by Crippen LogP contribution is -2.29. The molecule has 2 aliphatic heterocycles. The number of ether oxygens (including phenoxy) is 1. The van der Waals surface area contributed by atoms with Gasteiger partial charge >= 0.3 is 0 Å². The zero-order valence-corrected chi connectivity index (χ0v) is 22.2. The van der Waals surface area contributed by atoms with Gasteiger partial charge in [0.2, 0.25) is 0 Å². The minimum Gasteiger partial charge on any atom is -0.507 e. The summed E-state index contributed by atoms with van der Waals surface area (Å²) in [6.07, 6.45) is 2.35. The summed E-state index contributed by atoms with van der Waals surface area (Å²) in [5.74, 6) is -0.468. The van der Waals surface area contributed by atoms with Crippen molar-refractivity contribution in [2.24, 2.45) is 5.92 Å². The lowest BCUT2D eigenvalue weighted by Gasteiger charge is -2.26. The molecule has 0 aliphatic carbocycles. The lowest BCUT2D eigenvalue weighted by atomic mass is 9.94. The highest BCUT2D eigenvalue weighted by atomic mass is 16.5. The van der Waals surface area contributed by atoms with Crippen molar-refractivity contribution in [3.8, 4) is 5.75 Å². The molecule has 1 N–H and O–H groups in total. The van der Waals surface area contributed by atoms with Crippen LogP contribution in [0.5, 0.6) is 5.75 Å². The summed E-state index contributed by atoms with van der Waals surface area (Å²) < 4.78 is 5.76. The quantitative estimate of drug-likeness (QED) is 0.231. The van der Waals surface area contributed by atoms with Gasteiger partial charge in [-0.05, 0) is 79.8 Å². The highest BCUT2D eigenvalue weighted by Crippen LogP contribution is 2.43. The van der Waals surface area contributed by atoms with Crippen LogP contribution in [0.2, 0.25) is 0 Å². The summed E-state index contributed by atoms with van der Waals surface area (Å²) >= 11 is 0. The second kappa shape index (κ2) is 10.7. The number of benzene rings is 3. The molecule has 0 aromatic heterocycles. The van der Waals surface area contributed by atoms with Gasteiger partial charge in [-0.3, -0.25) is 14.5 Å². The Morgan fingerprint density at radius 1 is 0.947 bits per heavy atom. The number of nitrogens with zero attached hydrogens (tertiary/aromatic N) is 2. The van der Waals surface area contributed by atoms with Crippen LogP contribution in [-0.2, 0) is 9.59 Å². The first kappa shape index (κ1) is 25.6. The van der Waals surface area contributed by atoms with Crippen LogP contribution in [0, 0.1) is 12.8 Å². The van der Waals surface area contributed by atoms with Crippen molar-refractivity contribution >= 4 is 28.8 Å². The molecule has 0 radical (unpaired) electrons. The Morgan fingerprint density at radius 2 is 1.61 bits per heavy atom. The third-order valence-electron chi connectivity index (χ3n) is 7.11. The maximum atomic E-state index is 13.5. The molecule has 6 heteroatoms. The van der Waals surface area contributed by atoms with E-state index in [1.165, 1.54) is 17.7 Å². The first-order valence-corrected chi connectivity index (χ1v) is 13.3. The molecule has 6 nitrogen and oxygen atoms in total.